The first kappa shape index (κ1) is 33.8. The summed E-state index contributed by atoms with van der Waals surface area (Å²) < 4.78 is 12.4. The number of hydrogen-bond acceptors (Lipinski definition) is 7. The number of para-hydroxylation sites is 3. The molecule has 0 unspecified atom stereocenters. The molecule has 12 aromatic rings. The Bertz CT molecular complexity index is 3480. The third-order valence-electron chi connectivity index (χ3n) is 11.2. The van der Waals surface area contributed by atoms with Crippen molar-refractivity contribution >= 4 is 54.8 Å². The number of aromatic nitrogens is 5. The fourth-order valence-electron chi connectivity index (χ4n) is 8.13. The predicted octanol–water partition coefficient (Wildman–Crippen LogP) is 13.6. The minimum absolute atomic E-state index is 0.563. The molecular formula is C53H31N5O2. The van der Waals surface area contributed by atoms with Gasteiger partial charge in [-0.3, -0.25) is 0 Å². The van der Waals surface area contributed by atoms with Gasteiger partial charge in [0.2, 0.25) is 0 Å². The highest BCUT2D eigenvalue weighted by atomic mass is 16.3. The lowest BCUT2D eigenvalue weighted by atomic mass is 9.94. The predicted molar refractivity (Wildman–Crippen MR) is 240 cm³/mol. The van der Waals surface area contributed by atoms with Gasteiger partial charge in [0.05, 0.1) is 5.52 Å². The molecule has 12 rings (SSSR count). The molecule has 0 fully saturated rings. The molecule has 0 radical (unpaired) electrons. The maximum atomic E-state index is 6.21. The van der Waals surface area contributed by atoms with E-state index in [-0.39, 0.29) is 0 Å². The summed E-state index contributed by atoms with van der Waals surface area (Å²) in [6.07, 6.45) is 1.86. The van der Waals surface area contributed by atoms with Gasteiger partial charge in [-0.15, -0.1) is 0 Å². The number of rotatable bonds is 6. The largest absolute Gasteiger partial charge is 0.456 e. The summed E-state index contributed by atoms with van der Waals surface area (Å²) in [6, 6.07) is 61.9. The molecule has 7 nitrogen and oxygen atoms in total. The van der Waals surface area contributed by atoms with Gasteiger partial charge in [0.25, 0.3) is 0 Å². The van der Waals surface area contributed by atoms with Crippen LogP contribution in [0.5, 0.6) is 0 Å². The van der Waals surface area contributed by atoms with Crippen molar-refractivity contribution in [2.24, 2.45) is 0 Å². The second-order valence-electron chi connectivity index (χ2n) is 14.9. The molecule has 0 saturated carbocycles. The van der Waals surface area contributed by atoms with Gasteiger partial charge < -0.3 is 8.83 Å². The van der Waals surface area contributed by atoms with Crippen LogP contribution in [-0.2, 0) is 0 Å². The van der Waals surface area contributed by atoms with Crippen LogP contribution in [-0.4, -0.2) is 24.9 Å². The van der Waals surface area contributed by atoms with Crippen LogP contribution in [0.2, 0.25) is 0 Å². The molecule has 280 valence electrons. The molecule has 0 bridgehead atoms. The van der Waals surface area contributed by atoms with E-state index in [1.807, 2.05) is 121 Å². The molecule has 0 amide bonds. The number of benzene rings is 8. The zero-order chi connectivity index (χ0) is 39.6. The average molecular weight is 770 g/mol. The van der Waals surface area contributed by atoms with E-state index in [9.17, 15) is 0 Å². The quantitative estimate of drug-likeness (QED) is 0.166. The van der Waals surface area contributed by atoms with Gasteiger partial charge >= 0.3 is 0 Å². The third-order valence-corrected chi connectivity index (χ3v) is 11.2. The molecule has 0 aliphatic carbocycles. The van der Waals surface area contributed by atoms with Crippen molar-refractivity contribution < 1.29 is 8.83 Å². The monoisotopic (exact) mass is 769 g/mol. The normalized spacial score (nSPS) is 11.7. The first-order valence-corrected chi connectivity index (χ1v) is 19.8. The van der Waals surface area contributed by atoms with Crippen LogP contribution >= 0.6 is 0 Å². The zero-order valence-corrected chi connectivity index (χ0v) is 32.0. The third kappa shape index (κ3) is 5.87. The smallest absolute Gasteiger partial charge is 0.164 e. The van der Waals surface area contributed by atoms with Crippen LogP contribution in [0.1, 0.15) is 0 Å². The first-order chi connectivity index (χ1) is 29.7. The van der Waals surface area contributed by atoms with E-state index in [0.717, 1.165) is 99.3 Å². The van der Waals surface area contributed by atoms with Gasteiger partial charge in [-0.1, -0.05) is 121 Å². The van der Waals surface area contributed by atoms with E-state index >= 15 is 0 Å². The van der Waals surface area contributed by atoms with Crippen molar-refractivity contribution in [3.63, 3.8) is 0 Å². The van der Waals surface area contributed by atoms with Crippen molar-refractivity contribution in [3.05, 3.63) is 188 Å². The fourth-order valence-corrected chi connectivity index (χ4v) is 8.13. The molecule has 0 saturated heterocycles. The van der Waals surface area contributed by atoms with Crippen molar-refractivity contribution in [1.29, 1.82) is 0 Å². The number of fused-ring (bicyclic) bond motifs is 7. The summed E-state index contributed by atoms with van der Waals surface area (Å²) in [6.45, 7) is 0. The van der Waals surface area contributed by atoms with E-state index < -0.39 is 0 Å². The summed E-state index contributed by atoms with van der Waals surface area (Å²) in [7, 11) is 0. The molecule has 0 aliphatic rings. The Labute approximate surface area is 343 Å². The molecule has 0 atom stereocenters. The number of furan rings is 2. The SMILES string of the molecule is c1ccc(-c2nc(-c3ccc(-c4ncc5ccccc5n4)cc3)nc(-c3cc(-c4ccc5oc6ccccc6c5c4)cc(-c4ccc5oc6ccccc6c5c4)c3)n2)cc1. The topological polar surface area (TPSA) is 90.7 Å². The molecule has 60 heavy (non-hydrogen) atoms. The summed E-state index contributed by atoms with van der Waals surface area (Å²) >= 11 is 0. The minimum Gasteiger partial charge on any atom is -0.456 e. The number of hydrogen-bond donors (Lipinski definition) is 0. The average Bonchev–Trinajstić information content (AvgIpc) is 3.89. The summed E-state index contributed by atoms with van der Waals surface area (Å²) in [5.74, 6) is 2.37. The highest BCUT2D eigenvalue weighted by molar-refractivity contribution is 6.07. The summed E-state index contributed by atoms with van der Waals surface area (Å²) in [5, 5.41) is 5.29. The van der Waals surface area contributed by atoms with Crippen molar-refractivity contribution in [2.45, 2.75) is 0 Å². The van der Waals surface area contributed by atoms with E-state index in [2.05, 4.69) is 71.7 Å². The Balaban J connectivity index is 1.03. The van der Waals surface area contributed by atoms with Crippen LogP contribution in [0.4, 0.5) is 0 Å². The second-order valence-corrected chi connectivity index (χ2v) is 14.9. The highest BCUT2D eigenvalue weighted by Crippen LogP contribution is 2.39. The van der Waals surface area contributed by atoms with E-state index in [1.165, 1.54) is 0 Å². The van der Waals surface area contributed by atoms with Gasteiger partial charge in [-0.2, -0.15) is 0 Å². The Kier molecular flexibility index (Phi) is 7.71. The lowest BCUT2D eigenvalue weighted by molar-refractivity contribution is 0.668. The highest BCUT2D eigenvalue weighted by Gasteiger charge is 2.17. The van der Waals surface area contributed by atoms with Gasteiger partial charge in [-0.25, -0.2) is 24.9 Å². The Morgan fingerprint density at radius 1 is 0.283 bits per heavy atom. The van der Waals surface area contributed by atoms with Crippen molar-refractivity contribution in [1.82, 2.24) is 24.9 Å². The van der Waals surface area contributed by atoms with Crippen LogP contribution in [0.25, 0.3) is 123 Å². The molecule has 0 N–H and O–H groups in total. The van der Waals surface area contributed by atoms with Crippen LogP contribution < -0.4 is 0 Å². The van der Waals surface area contributed by atoms with Crippen LogP contribution in [0.3, 0.4) is 0 Å². The molecule has 0 aliphatic heterocycles. The second kappa shape index (κ2) is 13.7. The lowest BCUT2D eigenvalue weighted by Gasteiger charge is -2.13. The van der Waals surface area contributed by atoms with E-state index in [0.29, 0.717) is 23.3 Å². The van der Waals surface area contributed by atoms with Crippen LogP contribution in [0.15, 0.2) is 197 Å². The van der Waals surface area contributed by atoms with Gasteiger partial charge in [-0.05, 0) is 82.9 Å². The summed E-state index contributed by atoms with van der Waals surface area (Å²) in [5.41, 5.74) is 12.0. The van der Waals surface area contributed by atoms with Crippen molar-refractivity contribution in [2.75, 3.05) is 0 Å². The first-order valence-electron chi connectivity index (χ1n) is 19.8. The molecule has 7 heteroatoms. The minimum atomic E-state index is 0.563. The Morgan fingerprint density at radius 3 is 1.35 bits per heavy atom. The van der Waals surface area contributed by atoms with Crippen molar-refractivity contribution in [3.8, 4) is 67.8 Å². The zero-order valence-electron chi connectivity index (χ0n) is 32.0. The van der Waals surface area contributed by atoms with E-state index in [4.69, 9.17) is 28.8 Å². The fraction of sp³-hybridized carbons (Fsp3) is 0. The maximum absolute atomic E-state index is 6.21. The molecule has 8 aromatic carbocycles. The molecule has 0 spiro atoms. The molecular weight excluding hydrogens is 739 g/mol. The van der Waals surface area contributed by atoms with Gasteiger partial charge in [0, 0.05) is 55.4 Å². The summed E-state index contributed by atoms with van der Waals surface area (Å²) in [4.78, 5) is 24.9. The van der Waals surface area contributed by atoms with Gasteiger partial charge in [0.1, 0.15) is 22.3 Å². The van der Waals surface area contributed by atoms with Gasteiger partial charge in [0.15, 0.2) is 23.3 Å². The van der Waals surface area contributed by atoms with E-state index in [1.54, 1.807) is 0 Å². The van der Waals surface area contributed by atoms with Crippen LogP contribution in [0, 0.1) is 0 Å². The Hall–Kier alpha value is -8.29. The molecule has 4 heterocycles. The standard InChI is InChI=1S/C53H31N5O2/c1-2-10-32(11-3-1)51-56-52(34-20-18-33(19-21-34)50-54-31-37-12-4-7-15-45(37)55-50)58-53(57-51)40-27-38(35-22-24-48-43(29-35)41-13-5-8-16-46(41)59-48)26-39(28-40)36-23-25-49-44(30-36)42-14-6-9-17-47(42)60-49/h1-31H. The maximum Gasteiger partial charge on any atom is 0.164 e. The molecule has 4 aromatic heterocycles. The lowest BCUT2D eigenvalue weighted by Crippen LogP contribution is -2.00. The number of nitrogens with zero attached hydrogens (tertiary/aromatic N) is 5. The Morgan fingerprint density at radius 2 is 0.733 bits per heavy atom.